The molecule has 8 heteroatoms. The van der Waals surface area contributed by atoms with Gasteiger partial charge in [-0.05, 0) is 38.5 Å². The Morgan fingerprint density at radius 2 is 2.15 bits per heavy atom. The van der Waals surface area contributed by atoms with Gasteiger partial charge >= 0.3 is 0 Å². The highest BCUT2D eigenvalue weighted by atomic mass is 32.1. The fraction of sp³-hybridized carbons (Fsp3) is 0.333. The molecule has 2 atom stereocenters. The lowest BCUT2D eigenvalue weighted by molar-refractivity contribution is 0.0921. The molecule has 3 rings (SSSR count). The number of anilines is 1. The Morgan fingerprint density at radius 3 is 2.85 bits per heavy atom. The Balaban J connectivity index is 1.92. The molecule has 1 amide bonds. The summed E-state index contributed by atoms with van der Waals surface area (Å²) in [6.45, 7) is 5.74. The van der Waals surface area contributed by atoms with E-state index in [2.05, 4.69) is 25.6 Å². The first-order valence-electron chi connectivity index (χ1n) is 8.35. The Bertz CT molecular complexity index is 911. The molecule has 0 fully saturated rings. The van der Waals surface area contributed by atoms with Crippen LogP contribution < -0.4 is 10.6 Å². The van der Waals surface area contributed by atoms with E-state index in [1.807, 2.05) is 32.0 Å². The molecule has 0 saturated heterocycles. The highest BCUT2D eigenvalue weighted by molar-refractivity contribution is 7.19. The number of amides is 1. The maximum absolute atomic E-state index is 12.5. The van der Waals surface area contributed by atoms with Crippen molar-refractivity contribution in [2.75, 3.05) is 11.9 Å². The summed E-state index contributed by atoms with van der Waals surface area (Å²) in [5, 5.41) is 15.3. The van der Waals surface area contributed by atoms with Crippen LogP contribution in [0.1, 0.15) is 40.8 Å². The van der Waals surface area contributed by atoms with Gasteiger partial charge in [-0.15, -0.1) is 11.3 Å². The van der Waals surface area contributed by atoms with Crippen molar-refractivity contribution in [3.63, 3.8) is 0 Å². The summed E-state index contributed by atoms with van der Waals surface area (Å²) >= 11 is 1.48. The summed E-state index contributed by atoms with van der Waals surface area (Å²) in [5.74, 6) is 0.0612. The van der Waals surface area contributed by atoms with Crippen molar-refractivity contribution in [1.82, 2.24) is 20.3 Å². The number of aryl methyl sites for hydroxylation is 1. The van der Waals surface area contributed by atoms with Crippen LogP contribution in [-0.2, 0) is 0 Å². The monoisotopic (exact) mass is 371 g/mol. The largest absolute Gasteiger partial charge is 0.392 e. The number of nitrogens with one attached hydrogen (secondary N) is 2. The van der Waals surface area contributed by atoms with Crippen molar-refractivity contribution in [2.45, 2.75) is 32.9 Å². The zero-order valence-corrected chi connectivity index (χ0v) is 15.7. The number of carbonyl (C=O) groups excluding carboxylic acids is 1. The molecule has 0 saturated carbocycles. The van der Waals surface area contributed by atoms with Crippen molar-refractivity contribution < 1.29 is 9.90 Å². The minimum absolute atomic E-state index is 0.0609. The fourth-order valence-corrected chi connectivity index (χ4v) is 3.44. The highest BCUT2D eigenvalue weighted by Crippen LogP contribution is 2.28. The predicted molar refractivity (Wildman–Crippen MR) is 102 cm³/mol. The summed E-state index contributed by atoms with van der Waals surface area (Å²) < 4.78 is 0.741. The van der Waals surface area contributed by atoms with Gasteiger partial charge in [-0.25, -0.2) is 9.97 Å². The molecule has 0 aliphatic rings. The van der Waals surface area contributed by atoms with Crippen LogP contribution in [0, 0.1) is 6.92 Å². The number of fused-ring (bicyclic) bond motifs is 1. The molecule has 7 nitrogen and oxygen atoms in total. The molecule has 136 valence electrons. The average molecular weight is 371 g/mol. The first kappa shape index (κ1) is 18.2. The Kier molecular flexibility index (Phi) is 5.43. The summed E-state index contributed by atoms with van der Waals surface area (Å²) in [6.07, 6.45) is 2.88. The lowest BCUT2D eigenvalue weighted by Gasteiger charge is -2.15. The van der Waals surface area contributed by atoms with Crippen LogP contribution in [0.25, 0.3) is 10.2 Å². The molecular formula is C18H21N5O2S. The fourth-order valence-electron chi connectivity index (χ4n) is 2.50. The van der Waals surface area contributed by atoms with Crippen molar-refractivity contribution in [3.05, 3.63) is 46.7 Å². The normalized spacial score (nSPS) is 13.4. The van der Waals surface area contributed by atoms with E-state index in [1.165, 1.54) is 11.3 Å². The number of aliphatic hydroxyl groups is 1. The second kappa shape index (κ2) is 7.76. The molecule has 3 aromatic heterocycles. The summed E-state index contributed by atoms with van der Waals surface area (Å²) in [4.78, 5) is 26.7. The zero-order chi connectivity index (χ0) is 18.7. The smallest absolute Gasteiger partial charge is 0.271 e. The van der Waals surface area contributed by atoms with Crippen LogP contribution in [0.15, 0.2) is 30.6 Å². The number of rotatable bonds is 6. The number of pyridine rings is 1. The molecule has 0 aliphatic heterocycles. The van der Waals surface area contributed by atoms with E-state index in [9.17, 15) is 9.90 Å². The number of aromatic nitrogens is 3. The van der Waals surface area contributed by atoms with Crippen molar-refractivity contribution in [3.8, 4) is 0 Å². The first-order valence-corrected chi connectivity index (χ1v) is 9.16. The predicted octanol–water partition coefficient (Wildman–Crippen LogP) is 2.68. The third-order valence-corrected chi connectivity index (χ3v) is 4.84. The van der Waals surface area contributed by atoms with Crippen LogP contribution in [0.5, 0.6) is 0 Å². The summed E-state index contributed by atoms with van der Waals surface area (Å²) in [6, 6.07) is 5.71. The molecule has 2 unspecified atom stereocenters. The van der Waals surface area contributed by atoms with Gasteiger partial charge in [0.1, 0.15) is 0 Å². The summed E-state index contributed by atoms with van der Waals surface area (Å²) in [5.41, 5.74) is 2.04. The quantitative estimate of drug-likeness (QED) is 0.616. The Labute approximate surface area is 155 Å². The minimum Gasteiger partial charge on any atom is -0.392 e. The molecule has 0 spiro atoms. The highest BCUT2D eigenvalue weighted by Gasteiger charge is 2.18. The van der Waals surface area contributed by atoms with Gasteiger partial charge in [0.25, 0.3) is 5.91 Å². The number of thiophene rings is 1. The molecule has 3 heterocycles. The molecule has 0 aromatic carbocycles. The first-order chi connectivity index (χ1) is 12.4. The molecule has 3 aromatic rings. The van der Waals surface area contributed by atoms with E-state index in [0.29, 0.717) is 11.6 Å². The van der Waals surface area contributed by atoms with Gasteiger partial charge in [-0.1, -0.05) is 6.07 Å². The third-order valence-electron chi connectivity index (χ3n) is 3.80. The Morgan fingerprint density at radius 1 is 1.35 bits per heavy atom. The van der Waals surface area contributed by atoms with E-state index in [1.54, 1.807) is 19.3 Å². The van der Waals surface area contributed by atoms with Crippen molar-refractivity contribution in [2.24, 2.45) is 0 Å². The molecule has 0 radical (unpaired) electrons. The number of hydrogen-bond donors (Lipinski definition) is 3. The van der Waals surface area contributed by atoms with Gasteiger partial charge in [0.2, 0.25) is 5.95 Å². The van der Waals surface area contributed by atoms with Crippen LogP contribution in [0.2, 0.25) is 0 Å². The van der Waals surface area contributed by atoms with Gasteiger partial charge in [-0.2, -0.15) is 0 Å². The van der Waals surface area contributed by atoms with Crippen LogP contribution in [-0.4, -0.2) is 38.6 Å². The lowest BCUT2D eigenvalue weighted by atomic mass is 10.1. The van der Waals surface area contributed by atoms with E-state index in [4.69, 9.17) is 0 Å². The molecule has 0 bridgehead atoms. The standard InChI is InChI=1S/C18H21N5O2S/c1-10(24)8-20-17(25)15-16-14(7-11(2)26-16)22-18(23-15)21-12(3)13-5-4-6-19-9-13/h4-7,9-10,12,24H,8H2,1-3H3,(H,20,25)(H,21,22,23). The van der Waals surface area contributed by atoms with E-state index >= 15 is 0 Å². The van der Waals surface area contributed by atoms with Gasteiger partial charge in [-0.3, -0.25) is 9.78 Å². The van der Waals surface area contributed by atoms with Crippen LogP contribution in [0.4, 0.5) is 5.95 Å². The second-order valence-corrected chi connectivity index (χ2v) is 7.43. The number of aliphatic hydroxyl groups excluding tert-OH is 1. The second-order valence-electron chi connectivity index (χ2n) is 6.18. The zero-order valence-electron chi connectivity index (χ0n) is 14.9. The molecule has 0 aliphatic carbocycles. The van der Waals surface area contributed by atoms with Gasteiger partial charge in [0.15, 0.2) is 5.69 Å². The van der Waals surface area contributed by atoms with Crippen LogP contribution >= 0.6 is 11.3 Å². The Hall–Kier alpha value is -2.58. The maximum atomic E-state index is 12.5. The molecule has 3 N–H and O–H groups in total. The number of nitrogens with zero attached hydrogens (tertiary/aromatic N) is 3. The average Bonchev–Trinajstić information content (AvgIpc) is 2.99. The van der Waals surface area contributed by atoms with Gasteiger partial charge in [0.05, 0.1) is 22.4 Å². The summed E-state index contributed by atoms with van der Waals surface area (Å²) in [7, 11) is 0. The van der Waals surface area contributed by atoms with E-state index < -0.39 is 6.10 Å². The number of carbonyl (C=O) groups is 1. The maximum Gasteiger partial charge on any atom is 0.271 e. The lowest BCUT2D eigenvalue weighted by Crippen LogP contribution is -2.31. The molecule has 26 heavy (non-hydrogen) atoms. The minimum atomic E-state index is -0.621. The van der Waals surface area contributed by atoms with Crippen LogP contribution in [0.3, 0.4) is 0 Å². The van der Waals surface area contributed by atoms with Gasteiger partial charge < -0.3 is 15.7 Å². The SMILES string of the molecule is Cc1cc2nc(NC(C)c3cccnc3)nc(C(=O)NCC(C)O)c2s1. The van der Waals surface area contributed by atoms with E-state index in [0.717, 1.165) is 20.7 Å². The third kappa shape index (κ3) is 4.14. The van der Waals surface area contributed by atoms with Crippen molar-refractivity contribution >= 4 is 33.4 Å². The van der Waals surface area contributed by atoms with Gasteiger partial charge in [0, 0.05) is 23.8 Å². The van der Waals surface area contributed by atoms with Crippen molar-refractivity contribution in [1.29, 1.82) is 0 Å². The topological polar surface area (TPSA) is 100 Å². The number of hydrogen-bond acceptors (Lipinski definition) is 7. The molecular weight excluding hydrogens is 350 g/mol. The van der Waals surface area contributed by atoms with E-state index in [-0.39, 0.29) is 18.5 Å².